The summed E-state index contributed by atoms with van der Waals surface area (Å²) in [5.41, 5.74) is 5.71. The predicted molar refractivity (Wildman–Crippen MR) is 98.7 cm³/mol. The first-order valence-corrected chi connectivity index (χ1v) is 7.78. The third-order valence-electron chi connectivity index (χ3n) is 2.68. The molecule has 1 unspecified atom stereocenters. The lowest BCUT2D eigenvalue weighted by atomic mass is 10.3. The van der Waals surface area contributed by atoms with E-state index in [2.05, 4.69) is 27.9 Å². The van der Waals surface area contributed by atoms with E-state index in [1.807, 2.05) is 31.3 Å². The molecule has 0 radical (unpaired) electrons. The molecular formula is C17H25ClN2O5. The van der Waals surface area contributed by atoms with E-state index in [1.54, 1.807) is 0 Å². The highest BCUT2D eigenvalue weighted by molar-refractivity contribution is 6.30. The molecule has 8 heteroatoms. The fourth-order valence-electron chi connectivity index (χ4n) is 1.47. The van der Waals surface area contributed by atoms with Gasteiger partial charge in [-0.3, -0.25) is 14.4 Å². The summed E-state index contributed by atoms with van der Waals surface area (Å²) < 4.78 is 4.32. The van der Waals surface area contributed by atoms with Gasteiger partial charge in [-0.2, -0.15) is 0 Å². The number of nitrogens with two attached hydrogens (primary N) is 1. The van der Waals surface area contributed by atoms with Crippen LogP contribution in [0, 0.1) is 0 Å². The maximum atomic E-state index is 10.0. The molecule has 1 amide bonds. The first-order valence-electron chi connectivity index (χ1n) is 7.40. The largest absolute Gasteiger partial charge is 0.483 e. The van der Waals surface area contributed by atoms with Crippen molar-refractivity contribution >= 4 is 36.0 Å². The maximum Gasteiger partial charge on any atom is 0.290 e. The van der Waals surface area contributed by atoms with Gasteiger partial charge in [-0.1, -0.05) is 29.8 Å². The smallest absolute Gasteiger partial charge is 0.290 e. The minimum Gasteiger partial charge on any atom is -0.483 e. The van der Waals surface area contributed by atoms with Crippen molar-refractivity contribution in [2.24, 2.45) is 5.73 Å². The monoisotopic (exact) mass is 372 g/mol. The molecule has 0 saturated carbocycles. The highest BCUT2D eigenvalue weighted by Crippen LogP contribution is 2.13. The van der Waals surface area contributed by atoms with Crippen LogP contribution in [0.4, 0.5) is 5.69 Å². The number of primary amides is 1. The molecule has 0 spiro atoms. The van der Waals surface area contributed by atoms with Gasteiger partial charge in [0.05, 0.1) is 0 Å². The summed E-state index contributed by atoms with van der Waals surface area (Å²) in [5, 5.41) is 10.6. The van der Waals surface area contributed by atoms with E-state index in [0.29, 0.717) is 6.29 Å². The topological polar surface area (TPSA) is 119 Å². The first kappa shape index (κ1) is 24.9. The Labute approximate surface area is 152 Å². The fraction of sp³-hybridized carbons (Fsp3) is 0.353. The van der Waals surface area contributed by atoms with Gasteiger partial charge < -0.3 is 20.9 Å². The minimum atomic E-state index is -1.09. The molecule has 0 aliphatic heterocycles. The van der Waals surface area contributed by atoms with Crippen molar-refractivity contribution in [3.63, 3.8) is 0 Å². The Morgan fingerprint density at radius 1 is 1.36 bits per heavy atom. The van der Waals surface area contributed by atoms with Crippen LogP contribution in [0.15, 0.2) is 36.4 Å². The minimum absolute atomic E-state index is 0.250. The molecule has 1 aliphatic rings. The lowest BCUT2D eigenvalue weighted by Crippen LogP contribution is -2.31. The zero-order valence-corrected chi connectivity index (χ0v) is 15.1. The second-order valence-electron chi connectivity index (χ2n) is 4.46. The molecule has 1 aromatic carbocycles. The Balaban J connectivity index is 0. The van der Waals surface area contributed by atoms with E-state index in [1.165, 1.54) is 26.4 Å². The van der Waals surface area contributed by atoms with E-state index in [9.17, 15) is 9.59 Å². The van der Waals surface area contributed by atoms with Gasteiger partial charge in [0.25, 0.3) is 12.4 Å². The predicted octanol–water partition coefficient (Wildman–Crippen LogP) is 2.49. The van der Waals surface area contributed by atoms with Crippen molar-refractivity contribution in [1.29, 1.82) is 0 Å². The van der Waals surface area contributed by atoms with Gasteiger partial charge in [0, 0.05) is 24.9 Å². The number of benzene rings is 1. The first-order chi connectivity index (χ1) is 12.0. The maximum absolute atomic E-state index is 10.0. The quantitative estimate of drug-likeness (QED) is 0.424. The van der Waals surface area contributed by atoms with Crippen molar-refractivity contribution < 1.29 is 24.2 Å². The van der Waals surface area contributed by atoms with Gasteiger partial charge in [0.2, 0.25) is 0 Å². The molecule has 140 valence electrons. The zero-order chi connectivity index (χ0) is 19.5. The summed E-state index contributed by atoms with van der Waals surface area (Å²) in [7, 11) is 3.11. The molecule has 1 aliphatic carbocycles. The molecule has 25 heavy (non-hydrogen) atoms. The molecule has 2 rings (SSSR count). The SMILES string of the molecule is C1=CCCC1.CNc1cccc(Cl)c1.COC(C=O)C(N)=O.O=CO. The van der Waals surface area contributed by atoms with E-state index in [0.717, 1.165) is 10.7 Å². The highest BCUT2D eigenvalue weighted by atomic mass is 35.5. The lowest BCUT2D eigenvalue weighted by Gasteiger charge is -1.99. The van der Waals surface area contributed by atoms with E-state index < -0.39 is 12.0 Å². The Bertz CT molecular complexity index is 518. The highest BCUT2D eigenvalue weighted by Gasteiger charge is 2.10. The summed E-state index contributed by atoms with van der Waals surface area (Å²) in [6.07, 6.45) is 7.76. The van der Waals surface area contributed by atoms with Gasteiger partial charge in [-0.15, -0.1) is 0 Å². The summed E-state index contributed by atoms with van der Waals surface area (Å²) in [4.78, 5) is 28.1. The number of halogens is 1. The number of hydrogen-bond donors (Lipinski definition) is 3. The van der Waals surface area contributed by atoms with Gasteiger partial charge in [0.1, 0.15) is 0 Å². The molecule has 1 atom stereocenters. The summed E-state index contributed by atoms with van der Waals surface area (Å²) >= 11 is 5.68. The third-order valence-corrected chi connectivity index (χ3v) is 2.91. The number of carbonyl (C=O) groups is 3. The summed E-state index contributed by atoms with van der Waals surface area (Å²) in [6.45, 7) is -0.250. The van der Waals surface area contributed by atoms with Crippen molar-refractivity contribution in [2.75, 3.05) is 19.5 Å². The number of carboxylic acid groups (broad SMARTS) is 1. The number of ether oxygens (including phenoxy) is 1. The fourth-order valence-corrected chi connectivity index (χ4v) is 1.66. The van der Waals surface area contributed by atoms with Crippen molar-refractivity contribution in [3.05, 3.63) is 41.4 Å². The van der Waals surface area contributed by atoms with Crippen molar-refractivity contribution in [2.45, 2.75) is 25.4 Å². The second-order valence-corrected chi connectivity index (χ2v) is 4.90. The van der Waals surface area contributed by atoms with E-state index in [4.69, 9.17) is 21.5 Å². The molecule has 0 aromatic heterocycles. The number of amides is 1. The van der Waals surface area contributed by atoms with E-state index in [-0.39, 0.29) is 6.47 Å². The van der Waals surface area contributed by atoms with Gasteiger partial charge in [0.15, 0.2) is 12.4 Å². The average molecular weight is 373 g/mol. The molecular weight excluding hydrogens is 348 g/mol. The molecule has 1 aromatic rings. The van der Waals surface area contributed by atoms with Crippen LogP contribution >= 0.6 is 11.6 Å². The second kappa shape index (κ2) is 18.0. The van der Waals surface area contributed by atoms with Gasteiger partial charge in [-0.05, 0) is 37.5 Å². The molecule has 0 saturated heterocycles. The number of nitrogens with one attached hydrogen (secondary N) is 1. The summed E-state index contributed by atoms with van der Waals surface area (Å²) in [6, 6.07) is 7.60. The third kappa shape index (κ3) is 16.3. The number of hydrogen-bond acceptors (Lipinski definition) is 5. The van der Waals surface area contributed by atoms with Crippen LogP contribution in [-0.2, 0) is 19.1 Å². The van der Waals surface area contributed by atoms with Crippen LogP contribution < -0.4 is 11.1 Å². The number of methoxy groups -OCH3 is 1. The number of aldehydes is 1. The van der Waals surface area contributed by atoms with Crippen LogP contribution in [0.5, 0.6) is 0 Å². The zero-order valence-electron chi connectivity index (χ0n) is 14.4. The van der Waals surface area contributed by atoms with Crippen molar-refractivity contribution in [3.8, 4) is 0 Å². The van der Waals surface area contributed by atoms with Crippen LogP contribution in [0.25, 0.3) is 0 Å². The van der Waals surface area contributed by atoms with Crippen LogP contribution in [0.1, 0.15) is 19.3 Å². The lowest BCUT2D eigenvalue weighted by molar-refractivity contribution is -0.133. The summed E-state index contributed by atoms with van der Waals surface area (Å²) in [5.74, 6) is -0.762. The Morgan fingerprint density at radius 2 is 1.92 bits per heavy atom. The number of rotatable bonds is 4. The van der Waals surface area contributed by atoms with Crippen LogP contribution in [0.2, 0.25) is 5.02 Å². The normalized spacial score (nSPS) is 12.0. The van der Waals surface area contributed by atoms with Crippen LogP contribution in [-0.4, -0.2) is 44.0 Å². The number of carbonyl (C=O) groups excluding carboxylic acids is 2. The molecule has 0 fully saturated rings. The molecule has 0 heterocycles. The van der Waals surface area contributed by atoms with E-state index >= 15 is 0 Å². The molecule has 0 bridgehead atoms. The average Bonchev–Trinajstić information content (AvgIpc) is 3.17. The van der Waals surface area contributed by atoms with Gasteiger partial charge >= 0.3 is 0 Å². The molecule has 4 N–H and O–H groups in total. The van der Waals surface area contributed by atoms with Crippen molar-refractivity contribution in [1.82, 2.24) is 0 Å². The Kier molecular flexibility index (Phi) is 17.9. The number of anilines is 1. The Hall–Kier alpha value is -2.38. The Morgan fingerprint density at radius 3 is 2.12 bits per heavy atom. The van der Waals surface area contributed by atoms with Gasteiger partial charge in [-0.25, -0.2) is 0 Å². The number of allylic oxidation sites excluding steroid dienone is 2. The van der Waals surface area contributed by atoms with Crippen LogP contribution in [0.3, 0.4) is 0 Å². The standard InChI is InChI=1S/C7H8ClN.C5H8.C4H7NO3.CH2O2/c1-9-7-4-2-3-6(8)5-7;1-2-4-5-3-1;1-8-3(2-6)4(5)7;2-1-3/h2-5,9H,1H3;1-2H,3-5H2;2-3H,1H3,(H2,5,7);1H,(H,2,3). The molecule has 7 nitrogen and oxygen atoms in total.